The van der Waals surface area contributed by atoms with E-state index in [-0.39, 0.29) is 16.7 Å². The van der Waals surface area contributed by atoms with Gasteiger partial charge in [0.15, 0.2) is 0 Å². The van der Waals surface area contributed by atoms with Gasteiger partial charge in [-0.25, -0.2) is 8.42 Å². The van der Waals surface area contributed by atoms with Crippen LogP contribution in [-0.4, -0.2) is 24.5 Å². The number of nitrogens with zero attached hydrogens (tertiary/aromatic N) is 2. The second-order valence-electron chi connectivity index (χ2n) is 6.01. The molecule has 0 saturated carbocycles. The summed E-state index contributed by atoms with van der Waals surface area (Å²) in [5.74, 6) is 0.219. The molecule has 0 aliphatic rings. The van der Waals surface area contributed by atoms with Gasteiger partial charge in [0.1, 0.15) is 0 Å². The van der Waals surface area contributed by atoms with E-state index in [0.29, 0.717) is 22.1 Å². The predicted molar refractivity (Wildman–Crippen MR) is 104 cm³/mol. The molecule has 3 rings (SSSR count). The molecule has 10 heteroatoms. The monoisotopic (exact) mass is 420 g/mol. The number of hydrogen-bond donors (Lipinski definition) is 2. The van der Waals surface area contributed by atoms with E-state index >= 15 is 0 Å². The summed E-state index contributed by atoms with van der Waals surface area (Å²) in [4.78, 5) is 15.3. The highest BCUT2D eigenvalue weighted by Crippen LogP contribution is 2.22. The standard InChI is InChI=1S/C18H17ClN4O4S/c1-11(18-21-17(22-27-18)13-3-5-14(19)6-4-13)23-28(25,26)16-9-7-15(8-10-16)20-12(2)24/h3-11,23H,1-2H3,(H,20,24)/t11-/m0/s1. The lowest BCUT2D eigenvalue weighted by atomic mass is 10.2. The fraction of sp³-hybridized carbons (Fsp3) is 0.167. The number of sulfonamides is 1. The maximum atomic E-state index is 12.6. The van der Waals surface area contributed by atoms with Crippen molar-refractivity contribution < 1.29 is 17.7 Å². The molecule has 1 heterocycles. The summed E-state index contributed by atoms with van der Waals surface area (Å²) in [7, 11) is -3.82. The van der Waals surface area contributed by atoms with Crippen molar-refractivity contribution in [3.8, 4) is 11.4 Å². The first kappa shape index (κ1) is 20.0. The van der Waals surface area contributed by atoms with Gasteiger partial charge in [-0.3, -0.25) is 4.79 Å². The van der Waals surface area contributed by atoms with E-state index in [1.54, 1.807) is 31.2 Å². The molecule has 0 spiro atoms. The van der Waals surface area contributed by atoms with Crippen LogP contribution in [0.25, 0.3) is 11.4 Å². The van der Waals surface area contributed by atoms with Crippen molar-refractivity contribution >= 4 is 33.2 Å². The van der Waals surface area contributed by atoms with E-state index in [4.69, 9.17) is 16.1 Å². The zero-order valence-corrected chi connectivity index (χ0v) is 16.6. The third-order valence-electron chi connectivity index (χ3n) is 3.73. The summed E-state index contributed by atoms with van der Waals surface area (Å²) in [5, 5.41) is 7.03. The minimum absolute atomic E-state index is 0.0471. The molecule has 2 aromatic carbocycles. The largest absolute Gasteiger partial charge is 0.337 e. The molecular weight excluding hydrogens is 404 g/mol. The number of nitrogens with one attached hydrogen (secondary N) is 2. The Kier molecular flexibility index (Phi) is 5.78. The van der Waals surface area contributed by atoms with Crippen LogP contribution in [0.4, 0.5) is 5.69 Å². The van der Waals surface area contributed by atoms with E-state index in [0.717, 1.165) is 0 Å². The lowest BCUT2D eigenvalue weighted by Gasteiger charge is -2.11. The van der Waals surface area contributed by atoms with Gasteiger partial charge in [0.25, 0.3) is 0 Å². The van der Waals surface area contributed by atoms with Gasteiger partial charge in [-0.05, 0) is 55.5 Å². The fourth-order valence-corrected chi connectivity index (χ4v) is 3.72. The van der Waals surface area contributed by atoms with Gasteiger partial charge >= 0.3 is 0 Å². The van der Waals surface area contributed by atoms with Gasteiger partial charge < -0.3 is 9.84 Å². The minimum atomic E-state index is -3.82. The maximum absolute atomic E-state index is 12.6. The number of carbonyl (C=O) groups is 1. The third kappa shape index (κ3) is 4.75. The summed E-state index contributed by atoms with van der Waals surface area (Å²) in [5.41, 5.74) is 1.20. The molecule has 0 unspecified atom stereocenters. The third-order valence-corrected chi connectivity index (χ3v) is 5.54. The number of hydrogen-bond acceptors (Lipinski definition) is 6. The molecule has 0 fully saturated rings. The summed E-state index contributed by atoms with van der Waals surface area (Å²) in [6.07, 6.45) is 0. The molecule has 0 radical (unpaired) electrons. The first-order valence-corrected chi connectivity index (χ1v) is 10.1. The quantitative estimate of drug-likeness (QED) is 0.631. The number of rotatable bonds is 6. The first-order chi connectivity index (χ1) is 13.2. The zero-order valence-electron chi connectivity index (χ0n) is 15.0. The molecule has 1 amide bonds. The Morgan fingerprint density at radius 2 is 1.75 bits per heavy atom. The lowest BCUT2D eigenvalue weighted by molar-refractivity contribution is -0.114. The van der Waals surface area contributed by atoms with Crippen LogP contribution in [-0.2, 0) is 14.8 Å². The highest BCUT2D eigenvalue weighted by molar-refractivity contribution is 7.89. The van der Waals surface area contributed by atoms with Crippen LogP contribution in [0.3, 0.4) is 0 Å². The molecule has 2 N–H and O–H groups in total. The van der Waals surface area contributed by atoms with Gasteiger partial charge in [-0.2, -0.15) is 9.71 Å². The Labute approximate surface area is 167 Å². The molecule has 8 nitrogen and oxygen atoms in total. The highest BCUT2D eigenvalue weighted by atomic mass is 35.5. The van der Waals surface area contributed by atoms with Gasteiger partial charge in [-0.15, -0.1) is 0 Å². The minimum Gasteiger partial charge on any atom is -0.337 e. The molecular formula is C18H17ClN4O4S. The number of carbonyl (C=O) groups excluding carboxylic acids is 1. The van der Waals surface area contributed by atoms with E-state index < -0.39 is 16.1 Å². The number of amides is 1. The summed E-state index contributed by atoms with van der Waals surface area (Å²) in [6, 6.07) is 11.9. The van der Waals surface area contributed by atoms with Crippen LogP contribution in [0.5, 0.6) is 0 Å². The molecule has 28 heavy (non-hydrogen) atoms. The SMILES string of the molecule is CC(=O)Nc1ccc(S(=O)(=O)N[C@@H](C)c2nc(-c3ccc(Cl)cc3)no2)cc1. The van der Waals surface area contributed by atoms with Crippen molar-refractivity contribution in [2.75, 3.05) is 5.32 Å². The predicted octanol–water partition coefficient (Wildman–Crippen LogP) is 3.39. The number of anilines is 1. The topological polar surface area (TPSA) is 114 Å². The molecule has 0 saturated heterocycles. The lowest BCUT2D eigenvalue weighted by Crippen LogP contribution is -2.27. The molecule has 1 atom stereocenters. The van der Waals surface area contributed by atoms with Crippen molar-refractivity contribution in [3.63, 3.8) is 0 Å². The van der Waals surface area contributed by atoms with Gasteiger partial charge in [0.2, 0.25) is 27.6 Å². The average Bonchev–Trinajstić information content (AvgIpc) is 3.12. The summed E-state index contributed by atoms with van der Waals surface area (Å²) in [6.45, 7) is 2.97. The maximum Gasteiger partial charge on any atom is 0.244 e. The number of benzene rings is 2. The van der Waals surface area contributed by atoms with Crippen LogP contribution in [0.1, 0.15) is 25.8 Å². The Bertz CT molecular complexity index is 1080. The van der Waals surface area contributed by atoms with Crippen molar-refractivity contribution in [1.82, 2.24) is 14.9 Å². The molecule has 0 aliphatic heterocycles. The smallest absolute Gasteiger partial charge is 0.244 e. The van der Waals surface area contributed by atoms with Crippen LogP contribution in [0, 0.1) is 0 Å². The van der Waals surface area contributed by atoms with E-state index in [1.165, 1.54) is 31.2 Å². The number of halogens is 1. The normalized spacial score (nSPS) is 12.5. The Morgan fingerprint density at radius 1 is 1.11 bits per heavy atom. The molecule has 1 aromatic heterocycles. The van der Waals surface area contributed by atoms with Crippen molar-refractivity contribution in [1.29, 1.82) is 0 Å². The van der Waals surface area contributed by atoms with Crippen molar-refractivity contribution in [2.45, 2.75) is 24.8 Å². The Morgan fingerprint density at radius 3 is 2.36 bits per heavy atom. The second-order valence-corrected chi connectivity index (χ2v) is 8.16. The van der Waals surface area contributed by atoms with Gasteiger partial charge in [0, 0.05) is 23.2 Å². The zero-order chi connectivity index (χ0) is 20.3. The average molecular weight is 421 g/mol. The van der Waals surface area contributed by atoms with E-state index in [9.17, 15) is 13.2 Å². The summed E-state index contributed by atoms with van der Waals surface area (Å²) >= 11 is 5.86. The van der Waals surface area contributed by atoms with Crippen molar-refractivity contribution in [3.05, 3.63) is 59.4 Å². The molecule has 146 valence electrons. The molecule has 3 aromatic rings. The molecule has 0 bridgehead atoms. The number of aromatic nitrogens is 2. The van der Waals surface area contributed by atoms with Crippen molar-refractivity contribution in [2.24, 2.45) is 0 Å². The van der Waals surface area contributed by atoms with Crippen LogP contribution in [0.15, 0.2) is 57.9 Å². The fourth-order valence-electron chi connectivity index (χ4n) is 2.40. The van der Waals surface area contributed by atoms with Gasteiger partial charge in [-0.1, -0.05) is 16.8 Å². The Balaban J connectivity index is 1.73. The van der Waals surface area contributed by atoms with Crippen LogP contribution in [0.2, 0.25) is 5.02 Å². The van der Waals surface area contributed by atoms with Crippen LogP contribution < -0.4 is 10.0 Å². The van der Waals surface area contributed by atoms with E-state index in [1.807, 2.05) is 0 Å². The highest BCUT2D eigenvalue weighted by Gasteiger charge is 2.22. The first-order valence-electron chi connectivity index (χ1n) is 8.24. The summed E-state index contributed by atoms with van der Waals surface area (Å²) < 4.78 is 32.8. The second kappa shape index (κ2) is 8.09. The van der Waals surface area contributed by atoms with E-state index in [2.05, 4.69) is 20.2 Å². The van der Waals surface area contributed by atoms with Crippen LogP contribution >= 0.6 is 11.6 Å². The molecule has 0 aliphatic carbocycles. The Hall–Kier alpha value is -2.75. The van der Waals surface area contributed by atoms with Gasteiger partial charge in [0.05, 0.1) is 10.9 Å².